The van der Waals surface area contributed by atoms with Crippen LogP contribution in [0.1, 0.15) is 26.2 Å². The van der Waals surface area contributed by atoms with Crippen LogP contribution in [-0.2, 0) is 20.0 Å². The van der Waals surface area contributed by atoms with Crippen molar-refractivity contribution < 1.29 is 21.2 Å². The molecule has 0 atom stereocenters. The van der Waals surface area contributed by atoms with E-state index in [1.165, 1.54) is 0 Å². The average molecular weight is 336 g/mol. The van der Waals surface area contributed by atoms with E-state index < -0.39 is 35.7 Å². The van der Waals surface area contributed by atoms with Crippen molar-refractivity contribution in [3.05, 3.63) is 24.0 Å². The minimum absolute atomic E-state index is 0.0237. The molecule has 1 fully saturated rings. The Kier molecular flexibility index (Phi) is 4.13. The molecule has 2 rings (SSSR count). The fourth-order valence-corrected chi connectivity index (χ4v) is 3.77. The van der Waals surface area contributed by atoms with E-state index >= 15 is 0 Å². The second kappa shape index (κ2) is 5.31. The Hall–Kier alpha value is -1.03. The molecule has 0 heterocycles. The van der Waals surface area contributed by atoms with E-state index in [4.69, 9.17) is 5.14 Å². The van der Waals surface area contributed by atoms with Gasteiger partial charge in [0, 0.05) is 6.54 Å². The number of primary sulfonamides is 1. The molecule has 118 valence electrons. The average Bonchev–Trinajstić information content (AvgIpc) is 3.16. The van der Waals surface area contributed by atoms with Crippen molar-refractivity contribution in [2.45, 2.75) is 36.0 Å². The van der Waals surface area contributed by atoms with Crippen molar-refractivity contribution in [1.82, 2.24) is 4.72 Å². The molecule has 21 heavy (non-hydrogen) atoms. The molecule has 3 N–H and O–H groups in total. The first-order valence-electron chi connectivity index (χ1n) is 6.42. The van der Waals surface area contributed by atoms with Crippen molar-refractivity contribution >= 4 is 20.0 Å². The molecule has 0 aliphatic heterocycles. The van der Waals surface area contributed by atoms with Crippen LogP contribution in [0.5, 0.6) is 0 Å². The molecular weight excluding hydrogens is 319 g/mol. The first-order valence-corrected chi connectivity index (χ1v) is 9.45. The Bertz CT molecular complexity index is 755. The lowest BCUT2D eigenvalue weighted by molar-refractivity contribution is 0.473. The van der Waals surface area contributed by atoms with Gasteiger partial charge < -0.3 is 0 Å². The third-order valence-electron chi connectivity index (χ3n) is 3.87. The minimum atomic E-state index is -4.07. The van der Waals surface area contributed by atoms with Gasteiger partial charge in [-0.05, 0) is 42.9 Å². The molecular formula is C12H17FN2O4S2. The molecule has 9 heteroatoms. The Balaban J connectivity index is 2.24. The maximum atomic E-state index is 13.9. The van der Waals surface area contributed by atoms with Crippen molar-refractivity contribution in [2.75, 3.05) is 6.54 Å². The summed E-state index contributed by atoms with van der Waals surface area (Å²) < 4.78 is 62.6. The number of benzene rings is 1. The van der Waals surface area contributed by atoms with Gasteiger partial charge in [-0.1, -0.05) is 6.92 Å². The summed E-state index contributed by atoms with van der Waals surface area (Å²) in [6.45, 7) is 2.23. The van der Waals surface area contributed by atoms with Crippen LogP contribution in [0.15, 0.2) is 28.0 Å². The van der Waals surface area contributed by atoms with Gasteiger partial charge in [0.05, 0.1) is 4.90 Å². The largest absolute Gasteiger partial charge is 0.243 e. The standard InChI is InChI=1S/C12H17FN2O4S2/c1-2-12(5-6-12)8-15-21(18,19)11-4-3-9(7-10(11)13)20(14,16)17/h3-4,7,15H,2,5-6,8H2,1H3,(H2,14,16,17). The maximum absolute atomic E-state index is 13.9. The highest BCUT2D eigenvalue weighted by molar-refractivity contribution is 7.89. The molecule has 0 aromatic heterocycles. The molecule has 1 aliphatic carbocycles. The molecule has 0 spiro atoms. The summed E-state index contributed by atoms with van der Waals surface area (Å²) in [6, 6.07) is 2.49. The fraction of sp³-hybridized carbons (Fsp3) is 0.500. The predicted octanol–water partition coefficient (Wildman–Crippen LogP) is 0.942. The predicted molar refractivity (Wildman–Crippen MR) is 74.9 cm³/mol. The summed E-state index contributed by atoms with van der Waals surface area (Å²) in [6.07, 6.45) is 2.74. The summed E-state index contributed by atoms with van der Waals surface area (Å²) in [5.41, 5.74) is -0.0237. The van der Waals surface area contributed by atoms with Gasteiger partial charge in [-0.15, -0.1) is 0 Å². The van der Waals surface area contributed by atoms with E-state index in [1.807, 2.05) is 6.92 Å². The lowest BCUT2D eigenvalue weighted by atomic mass is 10.1. The molecule has 0 radical (unpaired) electrons. The molecule has 1 aliphatic rings. The monoisotopic (exact) mass is 336 g/mol. The first-order chi connectivity index (χ1) is 9.60. The van der Waals surface area contributed by atoms with E-state index in [0.29, 0.717) is 6.07 Å². The number of sulfonamides is 2. The summed E-state index contributed by atoms with van der Waals surface area (Å²) in [4.78, 5) is -1.05. The van der Waals surface area contributed by atoms with Gasteiger partial charge in [-0.25, -0.2) is 31.1 Å². The molecule has 1 saturated carbocycles. The van der Waals surface area contributed by atoms with Crippen LogP contribution in [0.2, 0.25) is 0 Å². The van der Waals surface area contributed by atoms with Gasteiger partial charge in [-0.3, -0.25) is 0 Å². The van der Waals surface area contributed by atoms with Gasteiger partial charge in [-0.2, -0.15) is 0 Å². The SMILES string of the molecule is CCC1(CNS(=O)(=O)c2ccc(S(N)(=O)=O)cc2F)CC1. The van der Waals surface area contributed by atoms with Crippen LogP contribution in [0.25, 0.3) is 0 Å². The van der Waals surface area contributed by atoms with Crippen molar-refractivity contribution in [3.8, 4) is 0 Å². The highest BCUT2D eigenvalue weighted by Gasteiger charge is 2.41. The molecule has 0 unspecified atom stereocenters. The summed E-state index contributed by atoms with van der Waals surface area (Å²) in [7, 11) is -8.09. The van der Waals surface area contributed by atoms with Crippen LogP contribution in [-0.4, -0.2) is 23.4 Å². The Labute approximate surface area is 123 Å². The van der Waals surface area contributed by atoms with Crippen LogP contribution in [0, 0.1) is 11.2 Å². The molecule has 0 bridgehead atoms. The zero-order valence-electron chi connectivity index (χ0n) is 11.5. The Morgan fingerprint density at radius 2 is 1.90 bits per heavy atom. The fourth-order valence-electron chi connectivity index (χ4n) is 2.03. The van der Waals surface area contributed by atoms with E-state index in [-0.39, 0.29) is 12.0 Å². The number of hydrogen-bond acceptors (Lipinski definition) is 4. The van der Waals surface area contributed by atoms with Gasteiger partial charge in [0.2, 0.25) is 20.0 Å². The molecule has 0 saturated heterocycles. The summed E-state index contributed by atoms with van der Waals surface area (Å²) in [5.74, 6) is -1.14. The maximum Gasteiger partial charge on any atom is 0.243 e. The van der Waals surface area contributed by atoms with Crippen molar-refractivity contribution in [3.63, 3.8) is 0 Å². The van der Waals surface area contributed by atoms with Crippen LogP contribution < -0.4 is 9.86 Å². The van der Waals surface area contributed by atoms with Crippen LogP contribution in [0.4, 0.5) is 4.39 Å². The van der Waals surface area contributed by atoms with Gasteiger partial charge >= 0.3 is 0 Å². The molecule has 1 aromatic rings. The minimum Gasteiger partial charge on any atom is -0.225 e. The van der Waals surface area contributed by atoms with E-state index in [9.17, 15) is 21.2 Å². The highest BCUT2D eigenvalue weighted by atomic mass is 32.2. The Morgan fingerprint density at radius 3 is 2.33 bits per heavy atom. The zero-order valence-corrected chi connectivity index (χ0v) is 13.1. The number of rotatable bonds is 6. The van der Waals surface area contributed by atoms with E-state index in [0.717, 1.165) is 31.4 Å². The summed E-state index contributed by atoms with van der Waals surface area (Å²) in [5, 5.41) is 4.87. The van der Waals surface area contributed by atoms with Gasteiger partial charge in [0.15, 0.2) is 0 Å². The van der Waals surface area contributed by atoms with Gasteiger partial charge in [0.1, 0.15) is 10.7 Å². The molecule has 1 aromatic carbocycles. The third-order valence-corrected chi connectivity index (χ3v) is 6.21. The van der Waals surface area contributed by atoms with E-state index in [1.54, 1.807) is 0 Å². The second-order valence-electron chi connectivity index (χ2n) is 5.32. The summed E-state index contributed by atoms with van der Waals surface area (Å²) >= 11 is 0. The lowest BCUT2D eigenvalue weighted by Gasteiger charge is -2.14. The lowest BCUT2D eigenvalue weighted by Crippen LogP contribution is -2.30. The topological polar surface area (TPSA) is 106 Å². The van der Waals surface area contributed by atoms with Crippen LogP contribution >= 0.6 is 0 Å². The van der Waals surface area contributed by atoms with Crippen molar-refractivity contribution in [2.24, 2.45) is 10.6 Å². The second-order valence-corrected chi connectivity index (χ2v) is 8.61. The number of hydrogen-bond donors (Lipinski definition) is 2. The highest BCUT2D eigenvalue weighted by Crippen LogP contribution is 2.48. The quantitative estimate of drug-likeness (QED) is 0.806. The zero-order chi connectivity index (χ0) is 15.9. The first kappa shape index (κ1) is 16.3. The third kappa shape index (κ3) is 3.60. The van der Waals surface area contributed by atoms with E-state index in [2.05, 4.69) is 4.72 Å². The van der Waals surface area contributed by atoms with Gasteiger partial charge in [0.25, 0.3) is 0 Å². The molecule has 6 nitrogen and oxygen atoms in total. The number of nitrogens with two attached hydrogens (primary N) is 1. The normalized spacial score (nSPS) is 17.7. The Morgan fingerprint density at radius 1 is 1.29 bits per heavy atom. The molecule has 0 amide bonds. The van der Waals surface area contributed by atoms with Crippen LogP contribution in [0.3, 0.4) is 0 Å². The number of halogens is 1. The smallest absolute Gasteiger partial charge is 0.225 e. The number of nitrogens with one attached hydrogen (secondary N) is 1. The van der Waals surface area contributed by atoms with Crippen molar-refractivity contribution in [1.29, 1.82) is 0 Å².